The van der Waals surface area contributed by atoms with E-state index in [-0.39, 0.29) is 4.34 Å². The number of benzene rings is 1. The Morgan fingerprint density at radius 2 is 2.40 bits per heavy atom. The van der Waals surface area contributed by atoms with Crippen molar-refractivity contribution in [3.05, 3.63) is 18.2 Å². The average molecular weight is 243 g/mol. The van der Waals surface area contributed by atoms with Gasteiger partial charge in [-0.25, -0.2) is 9.19 Å². The van der Waals surface area contributed by atoms with Gasteiger partial charge in [-0.1, -0.05) is 0 Å². The van der Waals surface area contributed by atoms with Crippen molar-refractivity contribution in [1.82, 2.24) is 4.98 Å². The summed E-state index contributed by atoms with van der Waals surface area (Å²) in [7, 11) is 0. The van der Waals surface area contributed by atoms with Crippen molar-refractivity contribution in [2.75, 3.05) is 6.61 Å². The van der Waals surface area contributed by atoms with E-state index in [9.17, 15) is 4.21 Å². The highest BCUT2D eigenvalue weighted by atomic mass is 32.2. The molecule has 0 saturated carbocycles. The number of rotatable bonds is 3. The van der Waals surface area contributed by atoms with Crippen LogP contribution in [-0.2, 0) is 11.1 Å². The van der Waals surface area contributed by atoms with Crippen LogP contribution in [-0.4, -0.2) is 20.4 Å². The van der Waals surface area contributed by atoms with E-state index in [0.717, 1.165) is 16.0 Å². The highest BCUT2D eigenvalue weighted by Gasteiger charge is 2.08. The maximum Gasteiger partial charge on any atom is 0.216 e. The summed E-state index contributed by atoms with van der Waals surface area (Å²) < 4.78 is 26.1. The Kier molecular flexibility index (Phi) is 2.99. The molecule has 0 amide bonds. The number of hydrogen-bond donors (Lipinski definition) is 1. The Balaban J connectivity index is 2.47. The summed E-state index contributed by atoms with van der Waals surface area (Å²) in [6.45, 7) is 2.51. The van der Waals surface area contributed by atoms with Gasteiger partial charge in [0.1, 0.15) is 5.75 Å². The van der Waals surface area contributed by atoms with Gasteiger partial charge in [-0.2, -0.15) is 0 Å². The van der Waals surface area contributed by atoms with Crippen LogP contribution in [0.5, 0.6) is 5.75 Å². The van der Waals surface area contributed by atoms with Crippen molar-refractivity contribution < 1.29 is 13.5 Å². The van der Waals surface area contributed by atoms with E-state index < -0.39 is 11.1 Å². The largest absolute Gasteiger partial charge is 0.494 e. The van der Waals surface area contributed by atoms with Crippen molar-refractivity contribution in [2.45, 2.75) is 11.3 Å². The lowest BCUT2D eigenvalue weighted by Crippen LogP contribution is -1.90. The van der Waals surface area contributed by atoms with Crippen LogP contribution in [0.2, 0.25) is 0 Å². The van der Waals surface area contributed by atoms with Crippen LogP contribution in [0.1, 0.15) is 6.92 Å². The molecular weight excluding hydrogens is 234 g/mol. The summed E-state index contributed by atoms with van der Waals surface area (Å²) in [5, 5.41) is 0. The van der Waals surface area contributed by atoms with Gasteiger partial charge in [0.2, 0.25) is 15.4 Å². The third-order valence-corrected chi connectivity index (χ3v) is 3.68. The highest BCUT2D eigenvalue weighted by Crippen LogP contribution is 2.27. The Morgan fingerprint density at radius 3 is 3.07 bits per heavy atom. The molecule has 0 fully saturated rings. The fraction of sp³-hybridized carbons (Fsp3) is 0.222. The fourth-order valence-corrected chi connectivity index (χ4v) is 2.67. The van der Waals surface area contributed by atoms with E-state index in [2.05, 4.69) is 4.98 Å². The second-order valence-electron chi connectivity index (χ2n) is 2.79. The van der Waals surface area contributed by atoms with Gasteiger partial charge in [0.05, 0.1) is 16.8 Å². The van der Waals surface area contributed by atoms with Crippen LogP contribution in [0.4, 0.5) is 0 Å². The van der Waals surface area contributed by atoms with Gasteiger partial charge in [0.25, 0.3) is 0 Å². The number of nitrogens with zero attached hydrogens (tertiary/aromatic N) is 1. The van der Waals surface area contributed by atoms with E-state index in [1.807, 2.05) is 13.0 Å². The molecule has 80 valence electrons. The Bertz CT molecular complexity index is 509. The summed E-state index contributed by atoms with van der Waals surface area (Å²) in [5.74, 6) is 0.754. The van der Waals surface area contributed by atoms with Gasteiger partial charge in [0.15, 0.2) is 0 Å². The third kappa shape index (κ3) is 2.17. The van der Waals surface area contributed by atoms with Gasteiger partial charge < -0.3 is 9.29 Å². The molecule has 0 aliphatic carbocycles. The van der Waals surface area contributed by atoms with Crippen LogP contribution in [0.3, 0.4) is 0 Å². The first-order chi connectivity index (χ1) is 7.20. The first kappa shape index (κ1) is 10.5. The molecule has 1 N–H and O–H groups in total. The zero-order valence-corrected chi connectivity index (χ0v) is 9.60. The molecular formula is C9H9NO3S2. The molecule has 0 aliphatic heterocycles. The van der Waals surface area contributed by atoms with Crippen molar-refractivity contribution in [2.24, 2.45) is 0 Å². The fourth-order valence-electron chi connectivity index (χ4n) is 1.21. The van der Waals surface area contributed by atoms with Gasteiger partial charge in [-0.05, 0) is 25.1 Å². The molecule has 6 heteroatoms. The molecule has 1 unspecified atom stereocenters. The Morgan fingerprint density at radius 1 is 1.60 bits per heavy atom. The third-order valence-electron chi connectivity index (χ3n) is 1.80. The van der Waals surface area contributed by atoms with E-state index in [4.69, 9.17) is 9.29 Å². The summed E-state index contributed by atoms with van der Waals surface area (Å²) >= 11 is -0.801. The second kappa shape index (κ2) is 4.26. The predicted molar refractivity (Wildman–Crippen MR) is 59.8 cm³/mol. The standard InChI is InChI=1S/C9H9NO3S2/c1-2-13-6-3-4-7-8(5-6)14-9(10-7)15(11)12/h3-5H,2H2,1H3,(H,11,12). The van der Waals surface area contributed by atoms with E-state index in [0.29, 0.717) is 6.61 Å². The van der Waals surface area contributed by atoms with Gasteiger partial charge in [-0.3, -0.25) is 0 Å². The first-order valence-corrected chi connectivity index (χ1v) is 6.27. The molecule has 0 aliphatic rings. The van der Waals surface area contributed by atoms with Gasteiger partial charge in [-0.15, -0.1) is 11.3 Å². The van der Waals surface area contributed by atoms with Gasteiger partial charge >= 0.3 is 0 Å². The summed E-state index contributed by atoms with van der Waals surface area (Å²) in [5.41, 5.74) is 0.723. The van der Waals surface area contributed by atoms with Crippen LogP contribution >= 0.6 is 11.3 Å². The first-order valence-electron chi connectivity index (χ1n) is 4.35. The van der Waals surface area contributed by atoms with Crippen LogP contribution in [0, 0.1) is 0 Å². The number of ether oxygens (including phenoxy) is 1. The maximum atomic E-state index is 10.8. The van der Waals surface area contributed by atoms with Crippen molar-refractivity contribution in [3.8, 4) is 5.75 Å². The molecule has 1 heterocycles. The lowest BCUT2D eigenvalue weighted by Gasteiger charge is -2.00. The van der Waals surface area contributed by atoms with E-state index >= 15 is 0 Å². The minimum atomic E-state index is -2.01. The average Bonchev–Trinajstić information content (AvgIpc) is 2.61. The number of hydrogen-bond acceptors (Lipinski definition) is 4. The molecule has 1 aromatic heterocycles. The van der Waals surface area contributed by atoms with Crippen molar-refractivity contribution in [3.63, 3.8) is 0 Å². The Hall–Kier alpha value is -0.980. The van der Waals surface area contributed by atoms with E-state index in [1.165, 1.54) is 11.3 Å². The zero-order chi connectivity index (χ0) is 10.8. The molecule has 15 heavy (non-hydrogen) atoms. The SMILES string of the molecule is CCOc1ccc2nc(S(=O)O)sc2c1. The van der Waals surface area contributed by atoms with Crippen molar-refractivity contribution >= 4 is 32.6 Å². The lowest BCUT2D eigenvalue weighted by molar-refractivity contribution is 0.341. The summed E-state index contributed by atoms with van der Waals surface area (Å²) in [6, 6.07) is 5.41. The molecule has 2 rings (SSSR count). The molecule has 1 atom stereocenters. The number of fused-ring (bicyclic) bond motifs is 1. The number of thiazole rings is 1. The molecule has 2 aromatic rings. The van der Waals surface area contributed by atoms with Crippen molar-refractivity contribution in [1.29, 1.82) is 0 Å². The van der Waals surface area contributed by atoms with Crippen LogP contribution in [0.15, 0.2) is 22.5 Å². The topological polar surface area (TPSA) is 59.4 Å². The quantitative estimate of drug-likeness (QED) is 0.840. The number of aromatic nitrogens is 1. The minimum Gasteiger partial charge on any atom is -0.494 e. The summed E-state index contributed by atoms with van der Waals surface area (Å²) in [6.07, 6.45) is 0. The zero-order valence-electron chi connectivity index (χ0n) is 7.97. The smallest absolute Gasteiger partial charge is 0.216 e. The summed E-state index contributed by atoms with van der Waals surface area (Å²) in [4.78, 5) is 4.03. The molecule has 0 spiro atoms. The van der Waals surface area contributed by atoms with Crippen LogP contribution in [0.25, 0.3) is 10.2 Å². The lowest BCUT2D eigenvalue weighted by atomic mass is 10.3. The molecule has 4 nitrogen and oxygen atoms in total. The molecule has 0 saturated heterocycles. The Labute approximate surface area is 93.2 Å². The van der Waals surface area contributed by atoms with Gasteiger partial charge in [0, 0.05) is 0 Å². The predicted octanol–water partition coefficient (Wildman–Crippen LogP) is 2.28. The molecule has 1 aromatic carbocycles. The molecule has 0 radical (unpaired) electrons. The van der Waals surface area contributed by atoms with E-state index in [1.54, 1.807) is 12.1 Å². The van der Waals surface area contributed by atoms with Crippen LogP contribution < -0.4 is 4.74 Å². The highest BCUT2D eigenvalue weighted by molar-refractivity contribution is 7.81. The minimum absolute atomic E-state index is 0.221. The second-order valence-corrected chi connectivity index (χ2v) is 4.97. The molecule has 0 bridgehead atoms. The monoisotopic (exact) mass is 243 g/mol. The normalized spacial score (nSPS) is 12.9. The maximum absolute atomic E-state index is 10.8.